The Morgan fingerprint density at radius 1 is 0.903 bits per heavy atom. The number of carbonyl (C=O) groups excluding carboxylic acids is 1. The highest BCUT2D eigenvalue weighted by Crippen LogP contribution is 2.27. The van der Waals surface area contributed by atoms with Crippen LogP contribution in [0, 0.1) is 0 Å². The second kappa shape index (κ2) is 9.39. The van der Waals surface area contributed by atoms with Crippen LogP contribution in [-0.2, 0) is 16.6 Å². The van der Waals surface area contributed by atoms with Gasteiger partial charge in [0.2, 0.25) is 10.0 Å². The van der Waals surface area contributed by atoms with Crippen molar-refractivity contribution in [1.82, 2.24) is 9.62 Å². The highest BCUT2D eigenvalue weighted by molar-refractivity contribution is 7.89. The lowest BCUT2D eigenvalue weighted by Crippen LogP contribution is -2.32. The number of nitrogens with zero attached hydrogens (tertiary/aromatic N) is 1. The first-order chi connectivity index (χ1) is 14.9. The summed E-state index contributed by atoms with van der Waals surface area (Å²) < 4.78 is 27.8. The summed E-state index contributed by atoms with van der Waals surface area (Å²) in [6, 6.07) is 18.5. The van der Waals surface area contributed by atoms with Gasteiger partial charge in [-0.2, -0.15) is 4.31 Å². The number of fused-ring (bicyclic) bond motifs is 1. The summed E-state index contributed by atoms with van der Waals surface area (Å²) in [5.74, 6) is -0.336. The lowest BCUT2D eigenvalue weighted by molar-refractivity contribution is 0.0950. The minimum atomic E-state index is -3.74. The third kappa shape index (κ3) is 4.92. The molecule has 0 saturated carbocycles. The maximum absolute atomic E-state index is 13.1. The van der Waals surface area contributed by atoms with Gasteiger partial charge < -0.3 is 5.32 Å². The molecule has 0 unspecified atom stereocenters. The molecule has 0 bridgehead atoms. The van der Waals surface area contributed by atoms with E-state index >= 15 is 0 Å². The molecule has 4 rings (SSSR count). The number of hydrogen-bond acceptors (Lipinski definition) is 3. The molecule has 31 heavy (non-hydrogen) atoms. The Kier molecular flexibility index (Phi) is 6.60. The molecule has 3 aromatic rings. The van der Waals surface area contributed by atoms with E-state index in [-0.39, 0.29) is 21.4 Å². The van der Waals surface area contributed by atoms with Crippen LogP contribution in [0.2, 0.25) is 5.02 Å². The molecule has 1 aliphatic heterocycles. The molecule has 0 spiro atoms. The van der Waals surface area contributed by atoms with E-state index in [2.05, 4.69) is 5.32 Å². The summed E-state index contributed by atoms with van der Waals surface area (Å²) in [5.41, 5.74) is 1.25. The van der Waals surface area contributed by atoms with Gasteiger partial charge in [-0.3, -0.25) is 4.79 Å². The van der Waals surface area contributed by atoms with Crippen molar-refractivity contribution in [2.45, 2.75) is 37.1 Å². The quantitative estimate of drug-likeness (QED) is 0.588. The Hall–Kier alpha value is -2.41. The maximum Gasteiger partial charge on any atom is 0.251 e. The van der Waals surface area contributed by atoms with Crippen LogP contribution in [0.5, 0.6) is 0 Å². The molecular weight excluding hydrogens is 432 g/mol. The van der Waals surface area contributed by atoms with E-state index in [1.807, 2.05) is 42.5 Å². The van der Waals surface area contributed by atoms with Gasteiger partial charge in [-0.25, -0.2) is 8.42 Å². The van der Waals surface area contributed by atoms with E-state index in [9.17, 15) is 13.2 Å². The molecule has 7 heteroatoms. The van der Waals surface area contributed by atoms with Crippen LogP contribution < -0.4 is 5.32 Å². The monoisotopic (exact) mass is 456 g/mol. The van der Waals surface area contributed by atoms with Gasteiger partial charge in [0.15, 0.2) is 0 Å². The van der Waals surface area contributed by atoms with Gasteiger partial charge in [0.05, 0.1) is 5.02 Å². The molecule has 1 fully saturated rings. The van der Waals surface area contributed by atoms with Crippen molar-refractivity contribution < 1.29 is 13.2 Å². The van der Waals surface area contributed by atoms with Gasteiger partial charge in [-0.15, -0.1) is 0 Å². The number of carbonyl (C=O) groups is 1. The number of benzene rings is 3. The van der Waals surface area contributed by atoms with Crippen molar-refractivity contribution in [2.75, 3.05) is 13.1 Å². The summed E-state index contributed by atoms with van der Waals surface area (Å²) in [6.45, 7) is 1.31. The highest BCUT2D eigenvalue weighted by Gasteiger charge is 2.28. The molecule has 1 N–H and O–H groups in total. The van der Waals surface area contributed by atoms with E-state index in [0.29, 0.717) is 19.6 Å². The molecule has 1 saturated heterocycles. The topological polar surface area (TPSA) is 66.5 Å². The number of amides is 1. The summed E-state index contributed by atoms with van der Waals surface area (Å²) in [4.78, 5) is 12.7. The molecule has 0 aliphatic carbocycles. The van der Waals surface area contributed by atoms with Gasteiger partial charge in [0.25, 0.3) is 5.91 Å². The van der Waals surface area contributed by atoms with Gasteiger partial charge in [-0.1, -0.05) is 60.8 Å². The predicted molar refractivity (Wildman–Crippen MR) is 124 cm³/mol. The fourth-order valence-corrected chi connectivity index (χ4v) is 5.91. The first-order valence-electron chi connectivity index (χ1n) is 10.5. The van der Waals surface area contributed by atoms with Crippen molar-refractivity contribution in [2.24, 2.45) is 0 Å². The molecule has 0 aromatic heterocycles. The second-order valence-corrected chi connectivity index (χ2v) is 10.1. The number of hydrogen-bond donors (Lipinski definition) is 1. The summed E-state index contributed by atoms with van der Waals surface area (Å²) in [5, 5.41) is 5.25. The molecule has 1 amide bonds. The van der Waals surface area contributed by atoms with Crippen molar-refractivity contribution in [3.05, 3.63) is 76.8 Å². The van der Waals surface area contributed by atoms with Crippen LogP contribution in [-0.4, -0.2) is 31.7 Å². The standard InChI is InChI=1S/C24H25ClN2O3S/c25-22-12-11-21(16-23(22)31(29,30)27-13-5-1-2-6-14-27)24(28)26-17-18-9-10-19-7-3-4-8-20(19)15-18/h3-4,7-12,15-16H,1-2,5-6,13-14,17H2,(H,26,28). The number of halogens is 1. The smallest absolute Gasteiger partial charge is 0.251 e. The third-order valence-corrected chi connectivity index (χ3v) is 8.02. The largest absolute Gasteiger partial charge is 0.348 e. The Balaban J connectivity index is 1.52. The van der Waals surface area contributed by atoms with E-state index in [4.69, 9.17) is 11.6 Å². The van der Waals surface area contributed by atoms with Crippen molar-refractivity contribution in [1.29, 1.82) is 0 Å². The summed E-state index contributed by atoms with van der Waals surface area (Å²) in [6.07, 6.45) is 3.72. The van der Waals surface area contributed by atoms with Crippen molar-refractivity contribution in [3.63, 3.8) is 0 Å². The molecule has 1 aliphatic rings. The van der Waals surface area contributed by atoms with Gasteiger partial charge in [0, 0.05) is 25.2 Å². The zero-order valence-electron chi connectivity index (χ0n) is 17.2. The zero-order valence-corrected chi connectivity index (χ0v) is 18.8. The summed E-state index contributed by atoms with van der Waals surface area (Å²) in [7, 11) is -3.74. The molecule has 0 radical (unpaired) electrons. The Bertz CT molecular complexity index is 1200. The van der Waals surface area contributed by atoms with Crippen LogP contribution >= 0.6 is 11.6 Å². The van der Waals surface area contributed by atoms with E-state index in [1.165, 1.54) is 16.4 Å². The maximum atomic E-state index is 13.1. The average Bonchev–Trinajstić information content (AvgIpc) is 3.08. The van der Waals surface area contributed by atoms with Gasteiger partial charge in [-0.05, 0) is 53.4 Å². The van der Waals surface area contributed by atoms with Crippen molar-refractivity contribution in [3.8, 4) is 0 Å². The molecule has 5 nitrogen and oxygen atoms in total. The first-order valence-corrected chi connectivity index (χ1v) is 12.3. The second-order valence-electron chi connectivity index (χ2n) is 7.83. The molecule has 3 aromatic carbocycles. The van der Waals surface area contributed by atoms with Crippen LogP contribution in [0.4, 0.5) is 0 Å². The Morgan fingerprint density at radius 2 is 1.61 bits per heavy atom. The fraction of sp³-hybridized carbons (Fsp3) is 0.292. The van der Waals surface area contributed by atoms with Crippen molar-refractivity contribution >= 4 is 38.3 Å². The zero-order chi connectivity index (χ0) is 21.8. The predicted octanol–water partition coefficient (Wildman–Crippen LogP) is 4.99. The molecule has 0 atom stereocenters. The minimum Gasteiger partial charge on any atom is -0.348 e. The molecular formula is C24H25ClN2O3S. The minimum absolute atomic E-state index is 0.00516. The van der Waals surface area contributed by atoms with Crippen LogP contribution in [0.1, 0.15) is 41.6 Å². The normalized spacial score (nSPS) is 15.5. The Morgan fingerprint density at radius 3 is 2.35 bits per heavy atom. The van der Waals surface area contributed by atoms with E-state index < -0.39 is 10.0 Å². The highest BCUT2D eigenvalue weighted by atomic mass is 35.5. The van der Waals surface area contributed by atoms with E-state index in [1.54, 1.807) is 6.07 Å². The van der Waals surface area contributed by atoms with Gasteiger partial charge in [0.1, 0.15) is 4.90 Å². The van der Waals surface area contributed by atoms with Gasteiger partial charge >= 0.3 is 0 Å². The van der Waals surface area contributed by atoms with E-state index in [0.717, 1.165) is 42.0 Å². The van der Waals surface area contributed by atoms with Crippen LogP contribution in [0.25, 0.3) is 10.8 Å². The molecule has 1 heterocycles. The third-order valence-electron chi connectivity index (χ3n) is 5.64. The van der Waals surface area contributed by atoms with Crippen LogP contribution in [0.15, 0.2) is 65.6 Å². The Labute approximate surface area is 188 Å². The lowest BCUT2D eigenvalue weighted by atomic mass is 10.1. The SMILES string of the molecule is O=C(NCc1ccc2ccccc2c1)c1ccc(Cl)c(S(=O)(=O)N2CCCCCC2)c1. The number of sulfonamides is 1. The van der Waals surface area contributed by atoms with Crippen LogP contribution in [0.3, 0.4) is 0 Å². The first kappa shape index (κ1) is 21.8. The lowest BCUT2D eigenvalue weighted by Gasteiger charge is -2.21. The fourth-order valence-electron chi connectivity index (χ4n) is 3.90. The average molecular weight is 457 g/mol. The summed E-state index contributed by atoms with van der Waals surface area (Å²) >= 11 is 6.24. The number of rotatable bonds is 5. The number of nitrogens with one attached hydrogen (secondary N) is 1. The molecule has 162 valence electrons.